The number of carbonyl (C=O) groups is 2. The second kappa shape index (κ2) is 6.19. The van der Waals surface area contributed by atoms with Crippen LogP contribution in [0.1, 0.15) is 5.56 Å². The minimum atomic E-state index is -0.532. The Balaban J connectivity index is 2.52. The Hall–Kier alpha value is -1.00. The van der Waals surface area contributed by atoms with E-state index in [1.54, 1.807) is 6.07 Å². The molecule has 1 heterocycles. The molecule has 1 saturated heterocycles. The van der Waals surface area contributed by atoms with Crippen molar-refractivity contribution in [2.75, 3.05) is 7.11 Å². The molecule has 0 bridgehead atoms. The van der Waals surface area contributed by atoms with E-state index >= 15 is 0 Å². The van der Waals surface area contributed by atoms with Gasteiger partial charge in [-0.1, -0.05) is 15.9 Å². The van der Waals surface area contributed by atoms with E-state index in [9.17, 15) is 9.59 Å². The summed E-state index contributed by atoms with van der Waals surface area (Å²) in [6.45, 7) is 0. The maximum Gasteiger partial charge on any atom is 0.263 e. The number of thiocarbonyl (C=S) groups is 1. The lowest BCUT2D eigenvalue weighted by Gasteiger charge is -2.17. The van der Waals surface area contributed by atoms with Crippen LogP contribution in [0, 0.1) is 3.57 Å². The highest BCUT2D eigenvalue weighted by Gasteiger charge is 2.26. The van der Waals surface area contributed by atoms with Crippen LogP contribution in [0.3, 0.4) is 0 Å². The molecule has 8 heteroatoms. The lowest BCUT2D eigenvalue weighted by atomic mass is 10.1. The highest BCUT2D eigenvalue weighted by Crippen LogP contribution is 2.31. The maximum absolute atomic E-state index is 11.8. The van der Waals surface area contributed by atoms with Crippen LogP contribution in [0.4, 0.5) is 0 Å². The van der Waals surface area contributed by atoms with Gasteiger partial charge in [-0.15, -0.1) is 0 Å². The van der Waals surface area contributed by atoms with Gasteiger partial charge >= 0.3 is 0 Å². The Morgan fingerprint density at radius 2 is 1.90 bits per heavy atom. The Morgan fingerprint density at radius 3 is 2.45 bits per heavy atom. The number of halogens is 2. The largest absolute Gasteiger partial charge is 0.495 e. The van der Waals surface area contributed by atoms with E-state index in [0.29, 0.717) is 11.3 Å². The van der Waals surface area contributed by atoms with Gasteiger partial charge in [-0.25, -0.2) is 0 Å². The van der Waals surface area contributed by atoms with Gasteiger partial charge in [0, 0.05) is 10.0 Å². The van der Waals surface area contributed by atoms with Crippen molar-refractivity contribution in [2.45, 2.75) is 0 Å². The highest BCUT2D eigenvalue weighted by atomic mass is 127. The third-order valence-electron chi connectivity index (χ3n) is 2.48. The predicted octanol–water partition coefficient (Wildman–Crippen LogP) is 1.98. The van der Waals surface area contributed by atoms with Gasteiger partial charge in [0.25, 0.3) is 11.8 Å². The molecule has 20 heavy (non-hydrogen) atoms. The lowest BCUT2D eigenvalue weighted by molar-refractivity contribution is -0.123. The molecule has 1 aliphatic rings. The molecule has 5 nitrogen and oxygen atoms in total. The zero-order valence-corrected chi connectivity index (χ0v) is 14.7. The van der Waals surface area contributed by atoms with E-state index in [2.05, 4.69) is 49.2 Å². The quantitative estimate of drug-likeness (QED) is 0.303. The SMILES string of the molecule is COc1c(I)cc(Br)cc1C=C1C(=O)NC(=S)NC1=O. The van der Waals surface area contributed by atoms with Gasteiger partial charge < -0.3 is 4.74 Å². The number of benzene rings is 1. The molecule has 0 aromatic heterocycles. The smallest absolute Gasteiger partial charge is 0.263 e. The molecule has 0 saturated carbocycles. The first-order chi connectivity index (χ1) is 9.42. The predicted molar refractivity (Wildman–Crippen MR) is 90.3 cm³/mol. The number of methoxy groups -OCH3 is 1. The van der Waals surface area contributed by atoms with Gasteiger partial charge in [-0.3, -0.25) is 20.2 Å². The Morgan fingerprint density at radius 1 is 1.30 bits per heavy atom. The van der Waals surface area contributed by atoms with E-state index in [-0.39, 0.29) is 10.7 Å². The second-order valence-corrected chi connectivity index (χ2v) is 6.29. The van der Waals surface area contributed by atoms with E-state index in [4.69, 9.17) is 17.0 Å². The first-order valence-electron chi connectivity index (χ1n) is 5.33. The summed E-state index contributed by atoms with van der Waals surface area (Å²) in [5, 5.41) is 4.78. The summed E-state index contributed by atoms with van der Waals surface area (Å²) in [5.74, 6) is -0.471. The van der Waals surface area contributed by atoms with Crippen molar-refractivity contribution in [3.05, 3.63) is 31.3 Å². The number of ether oxygens (including phenoxy) is 1. The highest BCUT2D eigenvalue weighted by molar-refractivity contribution is 14.1. The Kier molecular flexibility index (Phi) is 4.76. The fourth-order valence-electron chi connectivity index (χ4n) is 1.66. The van der Waals surface area contributed by atoms with Crippen molar-refractivity contribution in [3.8, 4) is 5.75 Å². The molecule has 0 aliphatic carbocycles. The van der Waals surface area contributed by atoms with E-state index in [1.807, 2.05) is 6.07 Å². The number of hydrogen-bond donors (Lipinski definition) is 2. The van der Waals surface area contributed by atoms with Gasteiger partial charge in [0.1, 0.15) is 11.3 Å². The zero-order valence-electron chi connectivity index (χ0n) is 10.1. The van der Waals surface area contributed by atoms with Crippen LogP contribution in [-0.2, 0) is 9.59 Å². The molecule has 104 valence electrons. The topological polar surface area (TPSA) is 67.4 Å². The average Bonchev–Trinajstić information content (AvgIpc) is 2.33. The van der Waals surface area contributed by atoms with E-state index in [0.717, 1.165) is 8.04 Å². The molecule has 0 spiro atoms. The van der Waals surface area contributed by atoms with Gasteiger partial charge in [-0.2, -0.15) is 0 Å². The molecule has 0 atom stereocenters. The van der Waals surface area contributed by atoms with Gasteiger partial charge in [0.2, 0.25) is 0 Å². The molecule has 1 fully saturated rings. The van der Waals surface area contributed by atoms with Crippen molar-refractivity contribution in [1.82, 2.24) is 10.6 Å². The normalized spacial score (nSPS) is 14.8. The molecule has 0 radical (unpaired) electrons. The Bertz CT molecular complexity index is 638. The molecular weight excluding hydrogens is 459 g/mol. The van der Waals surface area contributed by atoms with Crippen molar-refractivity contribution in [3.63, 3.8) is 0 Å². The van der Waals surface area contributed by atoms with Crippen molar-refractivity contribution in [1.29, 1.82) is 0 Å². The number of hydrogen-bond acceptors (Lipinski definition) is 4. The van der Waals surface area contributed by atoms with Gasteiger partial charge in [0.05, 0.1) is 10.7 Å². The van der Waals surface area contributed by atoms with E-state index < -0.39 is 11.8 Å². The fourth-order valence-corrected chi connectivity index (χ4v) is 3.62. The first-order valence-corrected chi connectivity index (χ1v) is 7.61. The maximum atomic E-state index is 11.8. The lowest BCUT2D eigenvalue weighted by Crippen LogP contribution is -2.51. The minimum absolute atomic E-state index is 0.00735. The van der Waals surface area contributed by atoms with E-state index in [1.165, 1.54) is 13.2 Å². The standard InChI is InChI=1S/C12H8BrIN2O3S/c1-19-9-5(2-6(13)4-8(9)14)3-7-10(17)15-12(20)16-11(7)18/h2-4H,1H3,(H2,15,16,17,18,20). The molecule has 1 aliphatic heterocycles. The number of rotatable bonds is 2. The molecule has 0 unspecified atom stereocenters. The van der Waals surface area contributed by atoms with Crippen LogP contribution in [0.25, 0.3) is 6.08 Å². The third-order valence-corrected chi connectivity index (χ3v) is 3.95. The van der Waals surface area contributed by atoms with Gasteiger partial charge in [0.15, 0.2) is 5.11 Å². The third kappa shape index (κ3) is 3.18. The molecule has 2 amide bonds. The van der Waals surface area contributed by atoms with Crippen LogP contribution in [-0.4, -0.2) is 24.0 Å². The summed E-state index contributed by atoms with van der Waals surface area (Å²) in [4.78, 5) is 23.6. The number of nitrogens with one attached hydrogen (secondary N) is 2. The summed E-state index contributed by atoms with van der Waals surface area (Å²) >= 11 is 10.2. The summed E-state index contributed by atoms with van der Waals surface area (Å²) < 4.78 is 6.98. The summed E-state index contributed by atoms with van der Waals surface area (Å²) in [6, 6.07) is 3.64. The van der Waals surface area contributed by atoms with Crippen LogP contribution >= 0.6 is 50.7 Å². The van der Waals surface area contributed by atoms with Crippen molar-refractivity contribution in [2.24, 2.45) is 0 Å². The Labute approximate surface area is 142 Å². The summed E-state index contributed by atoms with van der Waals surface area (Å²) in [7, 11) is 1.53. The van der Waals surface area contributed by atoms with Crippen molar-refractivity contribution < 1.29 is 14.3 Å². The molecular formula is C12H8BrIN2O3S. The van der Waals surface area contributed by atoms with Crippen LogP contribution in [0.2, 0.25) is 0 Å². The van der Waals surface area contributed by atoms with Crippen LogP contribution in [0.15, 0.2) is 22.2 Å². The van der Waals surface area contributed by atoms with Gasteiger partial charge in [-0.05, 0) is 53.0 Å². The molecule has 2 rings (SSSR count). The average molecular weight is 467 g/mol. The minimum Gasteiger partial charge on any atom is -0.495 e. The second-order valence-electron chi connectivity index (χ2n) is 3.81. The molecule has 1 aromatic rings. The van der Waals surface area contributed by atoms with Crippen LogP contribution < -0.4 is 15.4 Å². The monoisotopic (exact) mass is 466 g/mol. The number of carbonyl (C=O) groups excluding carboxylic acids is 2. The first kappa shape index (κ1) is 15.4. The van der Waals surface area contributed by atoms with Crippen molar-refractivity contribution >= 4 is 73.7 Å². The summed E-state index contributed by atoms with van der Waals surface area (Å²) in [6.07, 6.45) is 1.47. The zero-order chi connectivity index (χ0) is 14.9. The van der Waals surface area contributed by atoms with Crippen LogP contribution in [0.5, 0.6) is 5.75 Å². The molecule has 2 N–H and O–H groups in total. The summed E-state index contributed by atoms with van der Waals surface area (Å²) in [5.41, 5.74) is 0.602. The fraction of sp³-hybridized carbons (Fsp3) is 0.0833. The number of amides is 2. The molecule has 1 aromatic carbocycles.